The molecule has 174 valence electrons. The second-order valence-electron chi connectivity index (χ2n) is 10.8. The van der Waals surface area contributed by atoms with Crippen LogP contribution >= 0.6 is 0 Å². The highest BCUT2D eigenvalue weighted by molar-refractivity contribution is 5.96. The van der Waals surface area contributed by atoms with Gasteiger partial charge in [0, 0.05) is 12.1 Å². The van der Waals surface area contributed by atoms with E-state index < -0.39 is 0 Å². The van der Waals surface area contributed by atoms with Gasteiger partial charge >= 0.3 is 0 Å². The van der Waals surface area contributed by atoms with E-state index in [0.717, 1.165) is 25.7 Å². The largest absolute Gasteiger partial charge is 0.292 e. The molecule has 1 aliphatic rings. The Hall–Kier alpha value is -1.96. The van der Waals surface area contributed by atoms with Gasteiger partial charge in [-0.2, -0.15) is 0 Å². The number of Topliss-reactive ketones (excluding diaryl/α,β-unsaturated/α-hetero) is 1. The number of aryl methyl sites for hydroxylation is 3. The third kappa shape index (κ3) is 6.53. The first-order valence-corrected chi connectivity index (χ1v) is 12.9. The molecule has 0 spiro atoms. The van der Waals surface area contributed by atoms with Gasteiger partial charge in [0.15, 0.2) is 5.78 Å². The molecule has 2 nitrogen and oxygen atoms in total. The van der Waals surface area contributed by atoms with Crippen LogP contribution in [-0.2, 0) is 25.7 Å². The average molecular weight is 434 g/mol. The van der Waals surface area contributed by atoms with Crippen LogP contribution in [0.4, 0.5) is 0 Å². The Morgan fingerprint density at radius 3 is 2.53 bits per heavy atom. The quantitative estimate of drug-likeness (QED) is 0.267. The number of rotatable bonds is 11. The van der Waals surface area contributed by atoms with E-state index in [1.165, 1.54) is 60.8 Å². The predicted molar refractivity (Wildman–Crippen MR) is 135 cm³/mol. The Morgan fingerprint density at radius 1 is 1.06 bits per heavy atom. The molecule has 0 aliphatic heterocycles. The lowest BCUT2D eigenvalue weighted by atomic mass is 9.75. The Balaban J connectivity index is 1.54. The number of ketones is 1. The number of unbranched alkanes of at least 4 members (excludes halogenated alkanes) is 1. The minimum Gasteiger partial charge on any atom is -0.292 e. The summed E-state index contributed by atoms with van der Waals surface area (Å²) in [5, 5.41) is 0. The highest BCUT2D eigenvalue weighted by Gasteiger charge is 2.29. The lowest BCUT2D eigenvalue weighted by Gasteiger charge is -2.29. The van der Waals surface area contributed by atoms with Crippen molar-refractivity contribution in [3.05, 3.63) is 64.5 Å². The summed E-state index contributed by atoms with van der Waals surface area (Å²) in [5.74, 6) is 0.632. The first-order chi connectivity index (χ1) is 15.3. The summed E-state index contributed by atoms with van der Waals surface area (Å²) < 4.78 is 0. The van der Waals surface area contributed by atoms with Crippen LogP contribution in [0.25, 0.3) is 0 Å². The number of benzene rings is 1. The van der Waals surface area contributed by atoms with Crippen molar-refractivity contribution in [1.29, 1.82) is 0 Å². The maximum absolute atomic E-state index is 13.0. The molecule has 0 radical (unpaired) electrons. The number of aromatic nitrogens is 1. The van der Waals surface area contributed by atoms with E-state index in [2.05, 4.69) is 57.8 Å². The molecular weight excluding hydrogens is 390 g/mol. The number of pyridine rings is 1. The van der Waals surface area contributed by atoms with Crippen molar-refractivity contribution in [3.8, 4) is 0 Å². The molecule has 1 unspecified atom stereocenters. The van der Waals surface area contributed by atoms with E-state index >= 15 is 0 Å². The maximum atomic E-state index is 13.0. The molecule has 1 aliphatic carbocycles. The zero-order valence-corrected chi connectivity index (χ0v) is 21.0. The summed E-state index contributed by atoms with van der Waals surface area (Å²) in [7, 11) is 0. The van der Waals surface area contributed by atoms with E-state index in [4.69, 9.17) is 0 Å². The van der Waals surface area contributed by atoms with E-state index in [1.54, 1.807) is 0 Å². The van der Waals surface area contributed by atoms with Gasteiger partial charge in [-0.3, -0.25) is 9.78 Å². The van der Waals surface area contributed by atoms with E-state index in [-0.39, 0.29) is 11.7 Å². The Kier molecular flexibility index (Phi) is 8.68. The van der Waals surface area contributed by atoms with Crippen molar-refractivity contribution in [2.75, 3.05) is 0 Å². The summed E-state index contributed by atoms with van der Waals surface area (Å²) in [6.07, 6.45) is 13.7. The van der Waals surface area contributed by atoms with Crippen LogP contribution in [-0.4, -0.2) is 10.8 Å². The molecule has 0 fully saturated rings. The van der Waals surface area contributed by atoms with Crippen molar-refractivity contribution in [2.45, 2.75) is 98.8 Å². The molecule has 0 saturated heterocycles. The molecule has 2 aromatic rings. The number of carbonyl (C=O) groups is 1. The van der Waals surface area contributed by atoms with Crippen LogP contribution in [0.2, 0.25) is 0 Å². The molecule has 2 heteroatoms. The molecule has 3 rings (SSSR count). The first kappa shape index (κ1) is 24.7. The summed E-state index contributed by atoms with van der Waals surface area (Å²) >= 11 is 0. The number of fused-ring (bicyclic) bond motifs is 1. The lowest BCUT2D eigenvalue weighted by Crippen LogP contribution is -2.27. The van der Waals surface area contributed by atoms with Crippen molar-refractivity contribution in [3.63, 3.8) is 0 Å². The van der Waals surface area contributed by atoms with E-state index in [1.807, 2.05) is 18.3 Å². The third-order valence-corrected chi connectivity index (χ3v) is 7.64. The Morgan fingerprint density at radius 2 is 1.84 bits per heavy atom. The van der Waals surface area contributed by atoms with Crippen LogP contribution in [0.3, 0.4) is 0 Å². The zero-order valence-electron chi connectivity index (χ0n) is 21.0. The third-order valence-electron chi connectivity index (χ3n) is 7.64. The standard InChI is InChI=1S/C30H43NO/c1-6-17-30(4,5)18-9-8-10-24-11-13-27-20-25(14-15-26(27)19-24)22(3)29(32)28-16-12-23(7-2)21-31-28/h11-13,16,19,21-22,25H,6-10,14-15,17-18,20H2,1-5H3/t22?,25-/m0/s1. The lowest BCUT2D eigenvalue weighted by molar-refractivity contribution is 0.0873. The van der Waals surface area contributed by atoms with E-state index in [9.17, 15) is 4.79 Å². The molecule has 0 N–H and O–H groups in total. The molecule has 0 bridgehead atoms. The number of hydrogen-bond acceptors (Lipinski definition) is 2. The molecule has 1 heterocycles. The van der Waals surface area contributed by atoms with Crippen molar-refractivity contribution in [2.24, 2.45) is 17.3 Å². The van der Waals surface area contributed by atoms with Gasteiger partial charge in [0.2, 0.25) is 0 Å². The highest BCUT2D eigenvalue weighted by atomic mass is 16.1. The van der Waals surface area contributed by atoms with Crippen LogP contribution in [0.1, 0.15) is 106 Å². The molecule has 0 saturated carbocycles. The fourth-order valence-electron chi connectivity index (χ4n) is 5.38. The van der Waals surface area contributed by atoms with Crippen molar-refractivity contribution >= 4 is 5.78 Å². The van der Waals surface area contributed by atoms with Crippen LogP contribution < -0.4 is 0 Å². The molecule has 1 aromatic heterocycles. The minimum atomic E-state index is 0.0225. The second-order valence-corrected chi connectivity index (χ2v) is 10.8. The van der Waals surface area contributed by atoms with Gasteiger partial charge in [0.1, 0.15) is 5.69 Å². The number of hydrogen-bond donors (Lipinski definition) is 0. The van der Waals surface area contributed by atoms with Gasteiger partial charge < -0.3 is 0 Å². The Labute approximate surface area is 196 Å². The summed E-state index contributed by atoms with van der Waals surface area (Å²) in [6, 6.07) is 11.1. The fraction of sp³-hybridized carbons (Fsp3) is 0.600. The molecule has 32 heavy (non-hydrogen) atoms. The summed E-state index contributed by atoms with van der Waals surface area (Å²) in [5.41, 5.74) is 6.73. The SMILES string of the molecule is CCCC(C)(C)CCCCc1ccc2c(c1)CC[C@H](C(C)C(=O)c1ccc(CC)cn1)C2. The van der Waals surface area contributed by atoms with Gasteiger partial charge in [-0.25, -0.2) is 0 Å². The van der Waals surface area contributed by atoms with Crippen LogP contribution in [0, 0.1) is 17.3 Å². The smallest absolute Gasteiger partial charge is 0.184 e. The fourth-order valence-corrected chi connectivity index (χ4v) is 5.38. The normalized spacial score (nSPS) is 17.1. The topological polar surface area (TPSA) is 30.0 Å². The van der Waals surface area contributed by atoms with Crippen molar-refractivity contribution in [1.82, 2.24) is 4.98 Å². The molecule has 2 atom stereocenters. The minimum absolute atomic E-state index is 0.0225. The van der Waals surface area contributed by atoms with E-state index in [0.29, 0.717) is 17.0 Å². The number of carbonyl (C=O) groups excluding carboxylic acids is 1. The van der Waals surface area contributed by atoms with Crippen molar-refractivity contribution < 1.29 is 4.79 Å². The van der Waals surface area contributed by atoms with Gasteiger partial charge in [-0.15, -0.1) is 0 Å². The van der Waals surface area contributed by atoms with Gasteiger partial charge in [0.25, 0.3) is 0 Å². The maximum Gasteiger partial charge on any atom is 0.184 e. The van der Waals surface area contributed by atoms with Gasteiger partial charge in [-0.1, -0.05) is 71.7 Å². The van der Waals surface area contributed by atoms with Crippen LogP contribution in [0.15, 0.2) is 36.5 Å². The monoisotopic (exact) mass is 433 g/mol. The molecule has 0 amide bonds. The van der Waals surface area contributed by atoms with Gasteiger partial charge in [0.05, 0.1) is 0 Å². The second kappa shape index (κ2) is 11.3. The average Bonchev–Trinajstić information content (AvgIpc) is 2.80. The summed E-state index contributed by atoms with van der Waals surface area (Å²) in [4.78, 5) is 17.4. The van der Waals surface area contributed by atoms with Crippen LogP contribution in [0.5, 0.6) is 0 Å². The van der Waals surface area contributed by atoms with Gasteiger partial charge in [-0.05, 0) is 91.0 Å². The molecule has 1 aromatic carbocycles. The summed E-state index contributed by atoms with van der Waals surface area (Å²) in [6.45, 7) is 11.3. The highest BCUT2D eigenvalue weighted by Crippen LogP contribution is 2.33. The first-order valence-electron chi connectivity index (χ1n) is 12.9. The number of nitrogens with zero attached hydrogens (tertiary/aromatic N) is 1. The molecular formula is C30H43NO. The predicted octanol–water partition coefficient (Wildman–Crippen LogP) is 7.81. The zero-order chi connectivity index (χ0) is 23.1. The Bertz CT molecular complexity index is 880.